The van der Waals surface area contributed by atoms with Crippen LogP contribution in [0.25, 0.3) is 5.76 Å². The molecule has 0 aromatic heterocycles. The minimum absolute atomic E-state index is 0.0144. The molecular weight excluding hydrogens is 461 g/mol. The SMILES string of the molecule is CC(CF)Nc1ccc(O)c2c1CC1C[C@H]3C(N(C)C)C(=O)C(C(N)=O)=C(O)[C@@]3(O)C(=O)C1=C2O. The van der Waals surface area contributed by atoms with Gasteiger partial charge in [-0.15, -0.1) is 0 Å². The molecule has 0 bridgehead atoms. The summed E-state index contributed by atoms with van der Waals surface area (Å²) in [4.78, 5) is 40.2. The van der Waals surface area contributed by atoms with Crippen LogP contribution in [0.15, 0.2) is 29.0 Å². The number of rotatable bonds is 5. The van der Waals surface area contributed by atoms with E-state index in [0.717, 1.165) is 0 Å². The zero-order valence-electron chi connectivity index (χ0n) is 19.5. The van der Waals surface area contributed by atoms with Crippen LogP contribution in [-0.4, -0.2) is 81.3 Å². The van der Waals surface area contributed by atoms with Gasteiger partial charge in [0.05, 0.1) is 17.6 Å². The minimum Gasteiger partial charge on any atom is -0.508 e. The van der Waals surface area contributed by atoms with Gasteiger partial charge in [0.15, 0.2) is 11.4 Å². The van der Waals surface area contributed by atoms with Crippen LogP contribution in [0.4, 0.5) is 10.1 Å². The van der Waals surface area contributed by atoms with Crippen LogP contribution in [-0.2, 0) is 20.8 Å². The number of nitrogens with one attached hydrogen (secondary N) is 1. The van der Waals surface area contributed by atoms with Crippen LogP contribution < -0.4 is 11.1 Å². The molecule has 1 amide bonds. The number of benzene rings is 1. The number of aromatic hydroxyl groups is 1. The van der Waals surface area contributed by atoms with Crippen LogP contribution in [0.1, 0.15) is 24.5 Å². The molecule has 1 aromatic carbocycles. The first-order valence-electron chi connectivity index (χ1n) is 11.2. The number of primary amides is 1. The number of phenolic OH excluding ortho intramolecular Hbond substituents is 1. The molecule has 3 aliphatic rings. The molecule has 1 fully saturated rings. The van der Waals surface area contributed by atoms with E-state index in [9.17, 15) is 39.2 Å². The van der Waals surface area contributed by atoms with Crippen molar-refractivity contribution in [1.29, 1.82) is 0 Å². The third-order valence-electron chi connectivity index (χ3n) is 7.24. The van der Waals surface area contributed by atoms with Gasteiger partial charge in [0.25, 0.3) is 5.91 Å². The molecule has 10 nitrogen and oxygen atoms in total. The van der Waals surface area contributed by atoms with Crippen LogP contribution in [0.2, 0.25) is 0 Å². The molecule has 11 heteroatoms. The summed E-state index contributed by atoms with van der Waals surface area (Å²) >= 11 is 0. The summed E-state index contributed by atoms with van der Waals surface area (Å²) in [5.74, 6) is -7.07. The molecule has 0 saturated heterocycles. The number of halogens is 1. The van der Waals surface area contributed by atoms with Gasteiger partial charge in [0.2, 0.25) is 5.78 Å². The molecule has 0 spiro atoms. The molecule has 4 rings (SSSR count). The van der Waals surface area contributed by atoms with Crippen LogP contribution in [0.3, 0.4) is 0 Å². The summed E-state index contributed by atoms with van der Waals surface area (Å²) in [5.41, 5.74) is 2.40. The highest BCUT2D eigenvalue weighted by Crippen LogP contribution is 2.53. The lowest BCUT2D eigenvalue weighted by atomic mass is 9.57. The maximum absolute atomic E-state index is 13.7. The lowest BCUT2D eigenvalue weighted by Crippen LogP contribution is -2.65. The first-order chi connectivity index (χ1) is 16.4. The van der Waals surface area contributed by atoms with Crippen molar-refractivity contribution >= 4 is 28.9 Å². The Bertz CT molecular complexity index is 1210. The van der Waals surface area contributed by atoms with Crippen molar-refractivity contribution in [3.8, 4) is 5.75 Å². The number of anilines is 1. The number of aliphatic hydroxyl groups excluding tert-OH is 2. The standard InChI is InChI=1S/C24H28FN3O7/c1-9(8-25)27-13-4-5-14(29)16-11(13)6-10-7-12-18(28(2)3)20(31)17(23(26)34)22(33)24(12,35)21(32)15(10)19(16)30/h4-5,9-10,12,18,27,29-30,33,35H,6-8H2,1-3H3,(H2,26,34)/t9?,10?,12-,18?,24-/m0/s1. The number of amides is 1. The molecule has 3 unspecified atom stereocenters. The van der Waals surface area contributed by atoms with Gasteiger partial charge in [0, 0.05) is 17.2 Å². The highest BCUT2D eigenvalue weighted by atomic mass is 19.1. The molecule has 1 saturated carbocycles. The van der Waals surface area contributed by atoms with Gasteiger partial charge in [0.1, 0.15) is 29.5 Å². The predicted octanol–water partition coefficient (Wildman–Crippen LogP) is 0.734. The van der Waals surface area contributed by atoms with E-state index in [2.05, 4.69) is 5.32 Å². The van der Waals surface area contributed by atoms with E-state index < -0.39 is 70.8 Å². The van der Waals surface area contributed by atoms with Gasteiger partial charge in [-0.3, -0.25) is 19.3 Å². The summed E-state index contributed by atoms with van der Waals surface area (Å²) in [6.45, 7) is 0.953. The van der Waals surface area contributed by atoms with Gasteiger partial charge in [-0.2, -0.15) is 0 Å². The number of Topliss-reactive ketones (excluding diaryl/α,β-unsaturated/α-hetero) is 2. The van der Waals surface area contributed by atoms with Crippen molar-refractivity contribution in [2.45, 2.75) is 37.5 Å². The van der Waals surface area contributed by atoms with E-state index in [4.69, 9.17) is 5.73 Å². The zero-order valence-corrected chi connectivity index (χ0v) is 19.5. The van der Waals surface area contributed by atoms with E-state index >= 15 is 0 Å². The summed E-state index contributed by atoms with van der Waals surface area (Å²) in [6, 6.07) is 1.12. The number of aliphatic hydroxyl groups is 3. The molecular formula is C24H28FN3O7. The Kier molecular flexibility index (Phi) is 5.89. The Balaban J connectivity index is 1.94. The van der Waals surface area contributed by atoms with Crippen molar-refractivity contribution in [3.05, 3.63) is 40.2 Å². The maximum Gasteiger partial charge on any atom is 0.255 e. The van der Waals surface area contributed by atoms with E-state index in [1.807, 2.05) is 0 Å². The normalized spacial score (nSPS) is 29.0. The number of carbonyl (C=O) groups excluding carboxylic acids is 3. The highest BCUT2D eigenvalue weighted by Gasteiger charge is 2.64. The average molecular weight is 490 g/mol. The van der Waals surface area contributed by atoms with Crippen LogP contribution >= 0.6 is 0 Å². The Morgan fingerprint density at radius 1 is 1.29 bits per heavy atom. The van der Waals surface area contributed by atoms with Crippen molar-refractivity contribution in [2.75, 3.05) is 26.1 Å². The monoisotopic (exact) mass is 489 g/mol. The molecule has 5 atom stereocenters. The topological polar surface area (TPSA) is 173 Å². The highest BCUT2D eigenvalue weighted by molar-refractivity contribution is 6.24. The van der Waals surface area contributed by atoms with Crippen LogP contribution in [0.5, 0.6) is 5.75 Å². The molecule has 0 heterocycles. The molecule has 7 N–H and O–H groups in total. The third kappa shape index (κ3) is 3.41. The lowest BCUT2D eigenvalue weighted by Gasteiger charge is -2.50. The van der Waals surface area contributed by atoms with E-state index in [-0.39, 0.29) is 29.7 Å². The summed E-state index contributed by atoms with van der Waals surface area (Å²) < 4.78 is 13.1. The summed E-state index contributed by atoms with van der Waals surface area (Å²) in [6.07, 6.45) is 0.115. The molecule has 0 radical (unpaired) electrons. The summed E-state index contributed by atoms with van der Waals surface area (Å²) in [7, 11) is 3.07. The number of likely N-dealkylation sites (N-methyl/N-ethyl adjacent to an activating group) is 1. The molecule has 0 aliphatic heterocycles. The second-order valence-corrected chi connectivity index (χ2v) is 9.65. The fraction of sp³-hybridized carbons (Fsp3) is 0.458. The Hall–Kier alpha value is -3.44. The number of nitrogens with zero attached hydrogens (tertiary/aromatic N) is 1. The van der Waals surface area contributed by atoms with E-state index in [0.29, 0.717) is 11.3 Å². The smallest absolute Gasteiger partial charge is 0.255 e. The summed E-state index contributed by atoms with van der Waals surface area (Å²) in [5, 5.41) is 47.0. The number of fused-ring (bicyclic) bond motifs is 3. The number of hydrogen-bond donors (Lipinski definition) is 6. The average Bonchev–Trinajstić information content (AvgIpc) is 2.77. The number of phenols is 1. The number of ketones is 2. The number of nitrogens with two attached hydrogens (primary N) is 1. The Morgan fingerprint density at radius 2 is 1.94 bits per heavy atom. The number of alkyl halides is 1. The Morgan fingerprint density at radius 3 is 2.51 bits per heavy atom. The Labute approximate surface area is 200 Å². The van der Waals surface area contributed by atoms with E-state index in [1.165, 1.54) is 25.1 Å². The number of carbonyl (C=O) groups is 3. The molecule has 35 heavy (non-hydrogen) atoms. The fourth-order valence-electron chi connectivity index (χ4n) is 5.68. The van der Waals surface area contributed by atoms with Gasteiger partial charge >= 0.3 is 0 Å². The predicted molar refractivity (Wildman–Crippen MR) is 123 cm³/mol. The van der Waals surface area contributed by atoms with E-state index in [1.54, 1.807) is 13.0 Å². The second kappa shape index (κ2) is 8.35. The fourth-order valence-corrected chi connectivity index (χ4v) is 5.68. The minimum atomic E-state index is -2.68. The van der Waals surface area contributed by atoms with Gasteiger partial charge in [-0.25, -0.2) is 4.39 Å². The zero-order chi connectivity index (χ0) is 26.0. The second-order valence-electron chi connectivity index (χ2n) is 9.65. The molecule has 3 aliphatic carbocycles. The first-order valence-corrected chi connectivity index (χ1v) is 11.2. The maximum atomic E-state index is 13.7. The van der Waals surface area contributed by atoms with Crippen molar-refractivity contribution in [1.82, 2.24) is 4.90 Å². The number of hydrogen-bond acceptors (Lipinski definition) is 9. The first kappa shape index (κ1) is 24.7. The van der Waals surface area contributed by atoms with Crippen molar-refractivity contribution < 1.29 is 39.2 Å². The van der Waals surface area contributed by atoms with Crippen molar-refractivity contribution in [2.24, 2.45) is 17.6 Å². The quantitative estimate of drug-likeness (QED) is 0.257. The molecule has 1 aromatic rings. The van der Waals surface area contributed by atoms with Gasteiger partial charge in [-0.05, 0) is 57.5 Å². The molecule has 188 valence electrons. The van der Waals surface area contributed by atoms with Gasteiger partial charge < -0.3 is 31.5 Å². The van der Waals surface area contributed by atoms with Gasteiger partial charge in [-0.1, -0.05) is 0 Å². The van der Waals surface area contributed by atoms with Crippen molar-refractivity contribution in [3.63, 3.8) is 0 Å². The van der Waals surface area contributed by atoms with Crippen LogP contribution in [0, 0.1) is 11.8 Å². The largest absolute Gasteiger partial charge is 0.508 e. The third-order valence-corrected chi connectivity index (χ3v) is 7.24. The lowest BCUT2D eigenvalue weighted by molar-refractivity contribution is -0.153.